The Balaban J connectivity index is 1.35. The zero-order valence-corrected chi connectivity index (χ0v) is 20.2. The van der Waals surface area contributed by atoms with Crippen molar-refractivity contribution < 1.29 is 14.3 Å². The molecule has 5 rings (SSSR count). The molecular weight excluding hydrogens is 384 g/mol. The van der Waals surface area contributed by atoms with E-state index in [1.807, 2.05) is 12.1 Å². The number of allylic oxidation sites excluding steroid dienone is 2. The summed E-state index contributed by atoms with van der Waals surface area (Å²) in [5, 5.41) is 0. The van der Waals surface area contributed by atoms with Crippen LogP contribution in [0.1, 0.15) is 85.1 Å². The highest BCUT2D eigenvalue weighted by Gasteiger charge is 2.57. The molecule has 1 atom stereocenters. The summed E-state index contributed by atoms with van der Waals surface area (Å²) < 4.78 is 11.9. The lowest BCUT2D eigenvalue weighted by Gasteiger charge is -2.59. The highest BCUT2D eigenvalue weighted by molar-refractivity contribution is 5.71. The van der Waals surface area contributed by atoms with E-state index >= 15 is 0 Å². The van der Waals surface area contributed by atoms with Crippen molar-refractivity contribution in [2.75, 3.05) is 6.61 Å². The molecule has 4 aliphatic carbocycles. The fourth-order valence-electron chi connectivity index (χ4n) is 6.65. The third-order valence-electron chi connectivity index (χ3n) is 8.12. The maximum absolute atomic E-state index is 12.7. The third-order valence-corrected chi connectivity index (χ3v) is 8.12. The van der Waals surface area contributed by atoms with Crippen LogP contribution in [0.5, 0.6) is 5.75 Å². The molecule has 0 N–H and O–H groups in total. The van der Waals surface area contributed by atoms with E-state index in [9.17, 15) is 4.79 Å². The summed E-state index contributed by atoms with van der Waals surface area (Å²) in [5.74, 6) is 3.65. The summed E-state index contributed by atoms with van der Waals surface area (Å²) in [7, 11) is 0. The van der Waals surface area contributed by atoms with E-state index in [0.717, 1.165) is 17.6 Å². The minimum absolute atomic E-state index is 0.0160. The zero-order valence-electron chi connectivity index (χ0n) is 20.2. The molecule has 3 nitrogen and oxygen atoms in total. The predicted octanol–water partition coefficient (Wildman–Crippen LogP) is 6.92. The normalized spacial score (nSPS) is 32.5. The molecule has 1 unspecified atom stereocenters. The second-order valence-electron chi connectivity index (χ2n) is 11.9. The van der Waals surface area contributed by atoms with Gasteiger partial charge in [-0.1, -0.05) is 44.6 Å². The van der Waals surface area contributed by atoms with Gasteiger partial charge in [-0.05, 0) is 99.7 Å². The molecule has 0 amide bonds. The molecule has 0 aromatic heterocycles. The van der Waals surface area contributed by atoms with Crippen LogP contribution in [0.15, 0.2) is 35.9 Å². The van der Waals surface area contributed by atoms with Crippen LogP contribution in [0.2, 0.25) is 0 Å². The van der Waals surface area contributed by atoms with Gasteiger partial charge in [0.1, 0.15) is 11.4 Å². The first-order valence-corrected chi connectivity index (χ1v) is 12.1. The molecule has 0 saturated heterocycles. The zero-order chi connectivity index (χ0) is 22.4. The summed E-state index contributed by atoms with van der Waals surface area (Å²) >= 11 is 0. The van der Waals surface area contributed by atoms with Crippen LogP contribution in [-0.2, 0) is 9.53 Å². The molecule has 170 valence electrons. The molecule has 0 heterocycles. The van der Waals surface area contributed by atoms with Gasteiger partial charge in [-0.3, -0.25) is 0 Å². The smallest absolute Gasteiger partial charge is 0.344 e. The maximum atomic E-state index is 12.7. The summed E-state index contributed by atoms with van der Waals surface area (Å²) in [6.07, 6.45) is 8.68. The predicted molar refractivity (Wildman–Crippen MR) is 125 cm³/mol. The molecule has 4 bridgehead atoms. The van der Waals surface area contributed by atoms with Gasteiger partial charge in [0.2, 0.25) is 0 Å². The SMILES string of the molecule is CC(C)=CC(c1ccc(OCC(=O)OC2(C)C3CC4CC(C3)CC2C4)cc1)C(C)(C)C. The molecule has 4 aliphatic rings. The molecular formula is C28H40O3. The van der Waals surface area contributed by atoms with Crippen molar-refractivity contribution in [3.8, 4) is 5.75 Å². The average Bonchev–Trinajstić information content (AvgIpc) is 2.68. The van der Waals surface area contributed by atoms with Gasteiger partial charge in [0, 0.05) is 5.92 Å². The maximum Gasteiger partial charge on any atom is 0.344 e. The first kappa shape index (κ1) is 22.4. The number of ether oxygens (including phenoxy) is 2. The van der Waals surface area contributed by atoms with E-state index in [1.165, 1.54) is 43.2 Å². The van der Waals surface area contributed by atoms with Crippen molar-refractivity contribution in [2.24, 2.45) is 29.1 Å². The van der Waals surface area contributed by atoms with Gasteiger partial charge in [-0.25, -0.2) is 4.79 Å². The van der Waals surface area contributed by atoms with Gasteiger partial charge in [0.15, 0.2) is 6.61 Å². The van der Waals surface area contributed by atoms with Crippen LogP contribution in [0.25, 0.3) is 0 Å². The van der Waals surface area contributed by atoms with Gasteiger partial charge < -0.3 is 9.47 Å². The number of hydrogen-bond donors (Lipinski definition) is 0. The molecule has 4 fully saturated rings. The van der Waals surface area contributed by atoms with Crippen molar-refractivity contribution in [1.29, 1.82) is 0 Å². The molecule has 0 spiro atoms. The number of benzene rings is 1. The Labute approximate surface area is 188 Å². The largest absolute Gasteiger partial charge is 0.482 e. The monoisotopic (exact) mass is 424 g/mol. The molecule has 0 aliphatic heterocycles. The number of esters is 1. The lowest BCUT2D eigenvalue weighted by Crippen LogP contribution is -2.58. The minimum atomic E-state index is -0.290. The van der Waals surface area contributed by atoms with Gasteiger partial charge in [-0.2, -0.15) is 0 Å². The van der Waals surface area contributed by atoms with E-state index < -0.39 is 0 Å². The summed E-state index contributed by atoms with van der Waals surface area (Å²) in [6, 6.07) is 8.19. The standard InChI is InChI=1S/C28H40O3/c1-18(2)11-25(27(3,4)5)21-7-9-24(10-8-21)30-17-26(29)31-28(6)22-13-19-12-20(15-22)16-23(28)14-19/h7-11,19-20,22-23,25H,12-17H2,1-6H3. The van der Waals surface area contributed by atoms with Crippen molar-refractivity contribution in [1.82, 2.24) is 0 Å². The lowest BCUT2D eigenvalue weighted by molar-refractivity contribution is -0.204. The molecule has 0 radical (unpaired) electrons. The Morgan fingerprint density at radius 3 is 2.06 bits per heavy atom. The first-order chi connectivity index (χ1) is 14.5. The third kappa shape index (κ3) is 4.71. The first-order valence-electron chi connectivity index (χ1n) is 12.1. The molecule has 1 aromatic rings. The van der Waals surface area contributed by atoms with Crippen LogP contribution in [0.3, 0.4) is 0 Å². The summed E-state index contributed by atoms with van der Waals surface area (Å²) in [4.78, 5) is 12.7. The number of carbonyl (C=O) groups is 1. The van der Waals surface area contributed by atoms with E-state index in [1.54, 1.807) is 0 Å². The van der Waals surface area contributed by atoms with Gasteiger partial charge >= 0.3 is 5.97 Å². The van der Waals surface area contributed by atoms with E-state index in [2.05, 4.69) is 59.8 Å². The van der Waals surface area contributed by atoms with Crippen molar-refractivity contribution >= 4 is 5.97 Å². The summed E-state index contributed by atoms with van der Waals surface area (Å²) in [5.41, 5.74) is 2.44. The van der Waals surface area contributed by atoms with Crippen molar-refractivity contribution in [3.63, 3.8) is 0 Å². The summed E-state index contributed by atoms with van der Waals surface area (Å²) in [6.45, 7) is 13.3. The van der Waals surface area contributed by atoms with Gasteiger partial charge in [0.25, 0.3) is 0 Å². The quantitative estimate of drug-likeness (QED) is 0.367. The van der Waals surface area contributed by atoms with Crippen LogP contribution in [-0.4, -0.2) is 18.2 Å². The fourth-order valence-corrected chi connectivity index (χ4v) is 6.65. The molecule has 31 heavy (non-hydrogen) atoms. The average molecular weight is 425 g/mol. The highest BCUT2D eigenvalue weighted by Crippen LogP contribution is 2.59. The second kappa shape index (κ2) is 8.30. The van der Waals surface area contributed by atoms with Crippen LogP contribution < -0.4 is 4.74 Å². The Bertz CT molecular complexity index is 795. The van der Waals surface area contributed by atoms with Crippen LogP contribution in [0, 0.1) is 29.1 Å². The Morgan fingerprint density at radius 1 is 1.03 bits per heavy atom. The van der Waals surface area contributed by atoms with E-state index in [-0.39, 0.29) is 23.6 Å². The van der Waals surface area contributed by atoms with Crippen LogP contribution in [0.4, 0.5) is 0 Å². The highest BCUT2D eigenvalue weighted by atomic mass is 16.6. The molecule has 3 heteroatoms. The molecule has 1 aromatic carbocycles. The van der Waals surface area contributed by atoms with E-state index in [4.69, 9.17) is 9.47 Å². The Kier molecular flexibility index (Phi) is 6.00. The van der Waals surface area contributed by atoms with Crippen molar-refractivity contribution in [2.45, 2.75) is 85.2 Å². The topological polar surface area (TPSA) is 35.5 Å². The van der Waals surface area contributed by atoms with Gasteiger partial charge in [-0.15, -0.1) is 0 Å². The number of rotatable bonds is 6. The number of carbonyl (C=O) groups excluding carboxylic acids is 1. The molecule has 4 saturated carbocycles. The number of hydrogen-bond acceptors (Lipinski definition) is 3. The van der Waals surface area contributed by atoms with Crippen molar-refractivity contribution in [3.05, 3.63) is 41.5 Å². The van der Waals surface area contributed by atoms with E-state index in [0.29, 0.717) is 17.8 Å². The van der Waals surface area contributed by atoms with Gasteiger partial charge in [0.05, 0.1) is 0 Å². The fraction of sp³-hybridized carbons (Fsp3) is 0.679. The Morgan fingerprint density at radius 2 is 1.58 bits per heavy atom. The minimum Gasteiger partial charge on any atom is -0.482 e. The second-order valence-corrected chi connectivity index (χ2v) is 11.9. The lowest BCUT2D eigenvalue weighted by atomic mass is 9.50. The van der Waals surface area contributed by atoms with Crippen LogP contribution >= 0.6 is 0 Å². The Hall–Kier alpha value is -1.77.